The van der Waals surface area contributed by atoms with E-state index in [1.807, 2.05) is 0 Å². The first-order valence-corrected chi connectivity index (χ1v) is 12.1. The summed E-state index contributed by atoms with van der Waals surface area (Å²) in [4.78, 5) is 23.4. The van der Waals surface area contributed by atoms with Gasteiger partial charge in [-0.2, -0.15) is 0 Å². The highest BCUT2D eigenvalue weighted by molar-refractivity contribution is 5.75. The molecule has 0 aromatic heterocycles. The second-order valence-electron chi connectivity index (χ2n) is 9.13. The van der Waals surface area contributed by atoms with Gasteiger partial charge in [0, 0.05) is 13.8 Å². The van der Waals surface area contributed by atoms with E-state index in [0.29, 0.717) is 11.3 Å². The van der Waals surface area contributed by atoms with Crippen LogP contribution in [0, 0.1) is 0 Å². The van der Waals surface area contributed by atoms with Crippen LogP contribution in [-0.4, -0.2) is 119 Å². The van der Waals surface area contributed by atoms with E-state index >= 15 is 0 Å². The van der Waals surface area contributed by atoms with Gasteiger partial charge in [-0.05, 0) is 17.7 Å². The highest BCUT2D eigenvalue weighted by atomic mass is 16.7. The molecule has 2 fully saturated rings. The predicted molar refractivity (Wildman–Crippen MR) is 127 cm³/mol. The van der Waals surface area contributed by atoms with Gasteiger partial charge in [-0.3, -0.25) is 9.59 Å². The first-order chi connectivity index (χ1) is 18.1. The maximum Gasteiger partial charge on any atom is 0.218 e. The van der Waals surface area contributed by atoms with Crippen LogP contribution in [0.3, 0.4) is 0 Å². The summed E-state index contributed by atoms with van der Waals surface area (Å²) < 4.78 is 28.0. The van der Waals surface area contributed by atoms with E-state index in [1.54, 1.807) is 24.3 Å². The number of carbonyl (C=O) groups is 2. The van der Waals surface area contributed by atoms with Crippen LogP contribution < -0.4 is 15.4 Å². The summed E-state index contributed by atoms with van der Waals surface area (Å²) in [6.45, 7) is 1.10. The zero-order valence-electron chi connectivity index (χ0n) is 21.3. The molecule has 7 N–H and O–H groups in total. The Morgan fingerprint density at radius 2 is 1.61 bits per heavy atom. The molecule has 14 heteroatoms. The monoisotopic (exact) mass is 544 g/mol. The highest BCUT2D eigenvalue weighted by Gasteiger charge is 2.51. The molecule has 2 amide bonds. The molecule has 2 heterocycles. The summed E-state index contributed by atoms with van der Waals surface area (Å²) in [6.07, 6.45) is -12.4. The lowest BCUT2D eigenvalue weighted by molar-refractivity contribution is -0.341. The zero-order chi connectivity index (χ0) is 28.0. The van der Waals surface area contributed by atoms with Gasteiger partial charge in [-0.15, -0.1) is 0 Å². The van der Waals surface area contributed by atoms with Crippen molar-refractivity contribution < 1.29 is 58.8 Å². The number of rotatable bonds is 10. The van der Waals surface area contributed by atoms with Crippen molar-refractivity contribution in [3.63, 3.8) is 0 Å². The van der Waals surface area contributed by atoms with E-state index in [1.165, 1.54) is 21.0 Å². The van der Waals surface area contributed by atoms with Gasteiger partial charge in [0.15, 0.2) is 12.5 Å². The van der Waals surface area contributed by atoms with Crippen molar-refractivity contribution in [2.24, 2.45) is 0 Å². The van der Waals surface area contributed by atoms with Crippen molar-refractivity contribution in [1.29, 1.82) is 0 Å². The molecule has 0 unspecified atom stereocenters. The van der Waals surface area contributed by atoms with Crippen LogP contribution in [0.1, 0.15) is 19.4 Å². The number of carbonyl (C=O) groups excluding carboxylic acids is 2. The summed E-state index contributed by atoms with van der Waals surface area (Å²) in [5.74, 6) is -0.450. The molecule has 1 aromatic carbocycles. The summed E-state index contributed by atoms with van der Waals surface area (Å²) in [6, 6.07) is 5.78. The number of aliphatic hydroxyl groups excluding tert-OH is 5. The Morgan fingerprint density at radius 3 is 2.21 bits per heavy atom. The van der Waals surface area contributed by atoms with Gasteiger partial charge in [-0.1, -0.05) is 12.1 Å². The van der Waals surface area contributed by atoms with Crippen LogP contribution in [0.5, 0.6) is 5.75 Å². The number of benzene rings is 1. The maximum atomic E-state index is 11.8. The van der Waals surface area contributed by atoms with Crippen LogP contribution in [-0.2, 0) is 35.1 Å². The van der Waals surface area contributed by atoms with Gasteiger partial charge in [0.1, 0.15) is 54.5 Å². The SMILES string of the molecule is COc1cccc(CO[C@H]2[C@@H](O)[C@@H](CO)O[C@@H](O[C@H]3[C@H](O)[C@@H](NC(C)=O)[C@H](NC(C)=O)O[C@@H]3CO)[C@@H]2O)c1. The van der Waals surface area contributed by atoms with Crippen molar-refractivity contribution in [2.75, 3.05) is 20.3 Å². The molecule has 14 nitrogen and oxygen atoms in total. The zero-order valence-corrected chi connectivity index (χ0v) is 21.3. The van der Waals surface area contributed by atoms with Crippen molar-refractivity contribution in [3.8, 4) is 5.75 Å². The second kappa shape index (κ2) is 13.6. The third kappa shape index (κ3) is 7.16. The molecular weight excluding hydrogens is 508 g/mol. The van der Waals surface area contributed by atoms with E-state index in [0.717, 1.165) is 0 Å². The van der Waals surface area contributed by atoms with E-state index < -0.39 is 86.3 Å². The first kappa shape index (κ1) is 30.1. The molecule has 2 saturated heterocycles. The predicted octanol–water partition coefficient (Wildman–Crippen LogP) is -2.88. The van der Waals surface area contributed by atoms with Gasteiger partial charge in [0.2, 0.25) is 11.8 Å². The van der Waals surface area contributed by atoms with Crippen LogP contribution in [0.25, 0.3) is 0 Å². The van der Waals surface area contributed by atoms with E-state index in [9.17, 15) is 35.1 Å². The maximum absolute atomic E-state index is 11.8. The lowest BCUT2D eigenvalue weighted by Gasteiger charge is -2.47. The average molecular weight is 545 g/mol. The Kier molecular flexibility index (Phi) is 10.8. The molecule has 1 aromatic rings. The average Bonchev–Trinajstić information content (AvgIpc) is 2.88. The molecule has 0 radical (unpaired) electrons. The molecule has 2 aliphatic rings. The summed E-state index contributed by atoms with van der Waals surface area (Å²) in [5, 5.41) is 57.3. The second-order valence-corrected chi connectivity index (χ2v) is 9.13. The molecule has 38 heavy (non-hydrogen) atoms. The lowest BCUT2D eigenvalue weighted by atomic mass is 9.94. The van der Waals surface area contributed by atoms with Crippen molar-refractivity contribution in [3.05, 3.63) is 29.8 Å². The molecule has 3 rings (SSSR count). The van der Waals surface area contributed by atoms with Gasteiger partial charge in [-0.25, -0.2) is 0 Å². The van der Waals surface area contributed by atoms with E-state index in [4.69, 9.17) is 23.7 Å². The number of ether oxygens (including phenoxy) is 5. The fourth-order valence-electron chi connectivity index (χ4n) is 4.46. The van der Waals surface area contributed by atoms with Crippen LogP contribution in [0.2, 0.25) is 0 Å². The van der Waals surface area contributed by atoms with Crippen LogP contribution in [0.15, 0.2) is 24.3 Å². The lowest BCUT2D eigenvalue weighted by Crippen LogP contribution is -2.70. The summed E-state index contributed by atoms with van der Waals surface area (Å²) in [5.41, 5.74) is 0.687. The summed E-state index contributed by atoms with van der Waals surface area (Å²) >= 11 is 0. The Bertz CT molecular complexity index is 935. The smallest absolute Gasteiger partial charge is 0.218 e. The van der Waals surface area contributed by atoms with E-state index in [2.05, 4.69) is 10.6 Å². The molecule has 0 saturated carbocycles. The molecule has 0 aliphatic carbocycles. The molecule has 0 bridgehead atoms. The minimum absolute atomic E-state index is 0.0295. The Balaban J connectivity index is 1.79. The standard InChI is InChI=1S/C24H36N2O12/c1-11(29)25-17-19(32)21(16(9-28)36-23(17)26-12(2)30)38-24-20(33)22(18(31)15(8-27)37-24)35-10-13-5-4-6-14(7-13)34-3/h4-7,15-24,27-28,31-33H,8-10H2,1-3H3,(H,25,29)(H,26,30)/t15-,16-,17-,18+,19-,20-,21-,22+,23-,24+/m1/s1. The third-order valence-electron chi connectivity index (χ3n) is 6.30. The van der Waals surface area contributed by atoms with Gasteiger partial charge in [0.05, 0.1) is 26.9 Å². The van der Waals surface area contributed by atoms with Gasteiger partial charge in [0.25, 0.3) is 0 Å². The quantitative estimate of drug-likeness (QED) is 0.159. The molecule has 2 aliphatic heterocycles. The highest BCUT2D eigenvalue weighted by Crippen LogP contribution is 2.30. The number of hydrogen-bond acceptors (Lipinski definition) is 12. The van der Waals surface area contributed by atoms with Crippen molar-refractivity contribution in [2.45, 2.75) is 81.7 Å². The van der Waals surface area contributed by atoms with E-state index in [-0.39, 0.29) is 6.61 Å². The largest absolute Gasteiger partial charge is 0.497 e. The minimum atomic E-state index is -1.60. The fourth-order valence-corrected chi connectivity index (χ4v) is 4.46. The van der Waals surface area contributed by atoms with Crippen LogP contribution >= 0.6 is 0 Å². The number of hydrogen-bond donors (Lipinski definition) is 7. The van der Waals surface area contributed by atoms with Crippen molar-refractivity contribution in [1.82, 2.24) is 10.6 Å². The topological polar surface area (TPSA) is 205 Å². The minimum Gasteiger partial charge on any atom is -0.497 e. The Morgan fingerprint density at radius 1 is 0.921 bits per heavy atom. The number of nitrogens with one attached hydrogen (secondary N) is 2. The Hall–Kier alpha value is -2.40. The molecule has 214 valence electrons. The third-order valence-corrected chi connectivity index (χ3v) is 6.30. The number of aliphatic hydroxyl groups is 5. The number of amides is 2. The molecule has 0 spiro atoms. The Labute approximate surface area is 219 Å². The molecule has 10 atom stereocenters. The normalized spacial score (nSPS) is 35.4. The number of methoxy groups -OCH3 is 1. The van der Waals surface area contributed by atoms with Gasteiger partial charge < -0.3 is 59.9 Å². The molecular formula is C24H36N2O12. The van der Waals surface area contributed by atoms with Crippen molar-refractivity contribution >= 4 is 11.8 Å². The van der Waals surface area contributed by atoms with Crippen LogP contribution in [0.4, 0.5) is 0 Å². The first-order valence-electron chi connectivity index (χ1n) is 12.1. The summed E-state index contributed by atoms with van der Waals surface area (Å²) in [7, 11) is 1.51. The van der Waals surface area contributed by atoms with Gasteiger partial charge >= 0.3 is 0 Å². The fraction of sp³-hybridized carbons (Fsp3) is 0.667.